The molecule has 1 fully saturated rings. The molecule has 0 aromatic heterocycles. The topological polar surface area (TPSA) is 52.5 Å². The summed E-state index contributed by atoms with van der Waals surface area (Å²) in [7, 11) is 0. The molecule has 0 aliphatic heterocycles. The zero-order chi connectivity index (χ0) is 15.5. The summed E-state index contributed by atoms with van der Waals surface area (Å²) in [4.78, 5) is 0. The molecule has 3 N–H and O–H groups in total. The van der Waals surface area contributed by atoms with Gasteiger partial charge < -0.3 is 15.5 Å². The smallest absolute Gasteiger partial charge is 0.161 e. The van der Waals surface area contributed by atoms with Gasteiger partial charge in [0.2, 0.25) is 0 Å². The molecule has 118 valence electrons. The molecule has 21 heavy (non-hydrogen) atoms. The van der Waals surface area contributed by atoms with E-state index in [1.807, 2.05) is 6.07 Å². The SMILES string of the molecule is CCC(C)(C)C1CCC(NCc2cccc(O)c2O)CC1. The van der Waals surface area contributed by atoms with E-state index in [0.717, 1.165) is 11.5 Å². The maximum absolute atomic E-state index is 9.82. The number of benzene rings is 1. The van der Waals surface area contributed by atoms with Gasteiger partial charge in [0.1, 0.15) is 0 Å². The van der Waals surface area contributed by atoms with Gasteiger partial charge in [0.15, 0.2) is 11.5 Å². The fourth-order valence-electron chi connectivity index (χ4n) is 3.34. The number of aromatic hydroxyl groups is 2. The molecule has 0 spiro atoms. The first kappa shape index (κ1) is 16.2. The van der Waals surface area contributed by atoms with E-state index in [2.05, 4.69) is 26.1 Å². The van der Waals surface area contributed by atoms with E-state index in [0.29, 0.717) is 18.0 Å². The number of phenolic OH excluding ortho intramolecular Hbond substituents is 2. The maximum atomic E-state index is 9.82. The summed E-state index contributed by atoms with van der Waals surface area (Å²) in [5, 5.41) is 22.9. The summed E-state index contributed by atoms with van der Waals surface area (Å²) in [6.45, 7) is 7.67. The molecule has 3 nitrogen and oxygen atoms in total. The van der Waals surface area contributed by atoms with Gasteiger partial charge in [0.05, 0.1) is 0 Å². The van der Waals surface area contributed by atoms with E-state index < -0.39 is 0 Å². The Morgan fingerprint density at radius 2 is 1.81 bits per heavy atom. The molecule has 2 rings (SSSR count). The predicted octanol–water partition coefficient (Wildman–Crippen LogP) is 4.18. The Labute approximate surface area is 128 Å². The minimum atomic E-state index is -0.0392. The standard InChI is InChI=1S/C18H29NO2/c1-4-18(2,3)14-8-10-15(11-9-14)19-12-13-6-5-7-16(20)17(13)21/h5-7,14-15,19-21H,4,8-12H2,1-3H3. The lowest BCUT2D eigenvalue weighted by atomic mass is 9.69. The van der Waals surface area contributed by atoms with Crippen LogP contribution in [0.2, 0.25) is 0 Å². The molecule has 1 aromatic carbocycles. The van der Waals surface area contributed by atoms with Crippen molar-refractivity contribution in [2.75, 3.05) is 0 Å². The molecule has 1 saturated carbocycles. The summed E-state index contributed by atoms with van der Waals surface area (Å²) >= 11 is 0. The quantitative estimate of drug-likeness (QED) is 0.713. The summed E-state index contributed by atoms with van der Waals surface area (Å²) in [5.74, 6) is 0.795. The lowest BCUT2D eigenvalue weighted by Crippen LogP contribution is -2.36. The fourth-order valence-corrected chi connectivity index (χ4v) is 3.34. The van der Waals surface area contributed by atoms with Crippen molar-refractivity contribution in [3.05, 3.63) is 23.8 Å². The third-order valence-corrected chi connectivity index (χ3v) is 5.42. The Morgan fingerprint density at radius 3 is 2.43 bits per heavy atom. The van der Waals surface area contributed by atoms with Crippen molar-refractivity contribution < 1.29 is 10.2 Å². The Balaban J connectivity index is 1.83. The van der Waals surface area contributed by atoms with Crippen LogP contribution in [0.4, 0.5) is 0 Å². The Bertz CT molecular complexity index is 462. The van der Waals surface area contributed by atoms with E-state index in [4.69, 9.17) is 0 Å². The largest absolute Gasteiger partial charge is 0.504 e. The third kappa shape index (κ3) is 3.91. The number of rotatable bonds is 5. The zero-order valence-corrected chi connectivity index (χ0v) is 13.5. The van der Waals surface area contributed by atoms with Crippen molar-refractivity contribution in [2.45, 2.75) is 65.5 Å². The van der Waals surface area contributed by atoms with Crippen LogP contribution < -0.4 is 5.32 Å². The average molecular weight is 291 g/mol. The number of hydrogen-bond donors (Lipinski definition) is 3. The monoisotopic (exact) mass is 291 g/mol. The molecule has 0 atom stereocenters. The Hall–Kier alpha value is -1.22. The van der Waals surface area contributed by atoms with Gasteiger partial charge in [-0.25, -0.2) is 0 Å². The van der Waals surface area contributed by atoms with Gasteiger partial charge in [-0.2, -0.15) is 0 Å². The molecule has 1 aliphatic carbocycles. The van der Waals surface area contributed by atoms with Crippen LogP contribution in [0.25, 0.3) is 0 Å². The highest BCUT2D eigenvalue weighted by Gasteiger charge is 2.31. The van der Waals surface area contributed by atoms with Crippen LogP contribution in [0.3, 0.4) is 0 Å². The first-order chi connectivity index (χ1) is 9.94. The Kier molecular flexibility index (Phi) is 5.15. The lowest BCUT2D eigenvalue weighted by Gasteiger charge is -2.39. The minimum absolute atomic E-state index is 0.00537. The van der Waals surface area contributed by atoms with Gasteiger partial charge >= 0.3 is 0 Å². The van der Waals surface area contributed by atoms with E-state index in [1.54, 1.807) is 6.07 Å². The van der Waals surface area contributed by atoms with Crippen LogP contribution in [-0.4, -0.2) is 16.3 Å². The van der Waals surface area contributed by atoms with Crippen LogP contribution >= 0.6 is 0 Å². The summed E-state index contributed by atoms with van der Waals surface area (Å²) in [5.41, 5.74) is 1.22. The fraction of sp³-hybridized carbons (Fsp3) is 0.667. The van der Waals surface area contributed by atoms with E-state index in [9.17, 15) is 10.2 Å². The lowest BCUT2D eigenvalue weighted by molar-refractivity contribution is 0.136. The number of nitrogens with one attached hydrogen (secondary N) is 1. The molecule has 0 radical (unpaired) electrons. The molecule has 0 heterocycles. The van der Waals surface area contributed by atoms with Gasteiger partial charge in [-0.3, -0.25) is 0 Å². The van der Waals surface area contributed by atoms with Crippen LogP contribution in [0.1, 0.15) is 58.4 Å². The molecule has 3 heteroatoms. The second-order valence-electron chi connectivity index (χ2n) is 7.06. The first-order valence-electron chi connectivity index (χ1n) is 8.17. The second kappa shape index (κ2) is 6.69. The van der Waals surface area contributed by atoms with Gasteiger partial charge in [-0.05, 0) is 43.1 Å². The van der Waals surface area contributed by atoms with Crippen molar-refractivity contribution >= 4 is 0 Å². The molecule has 1 aromatic rings. The molecule has 1 aliphatic rings. The van der Waals surface area contributed by atoms with Gasteiger partial charge in [-0.15, -0.1) is 0 Å². The predicted molar refractivity (Wildman–Crippen MR) is 86.4 cm³/mol. The minimum Gasteiger partial charge on any atom is -0.504 e. The van der Waals surface area contributed by atoms with Crippen LogP contribution in [0, 0.1) is 11.3 Å². The van der Waals surface area contributed by atoms with Crippen molar-refractivity contribution in [2.24, 2.45) is 11.3 Å². The summed E-state index contributed by atoms with van der Waals surface area (Å²) in [6, 6.07) is 5.66. The summed E-state index contributed by atoms with van der Waals surface area (Å²) in [6.07, 6.45) is 6.21. The van der Waals surface area contributed by atoms with Crippen LogP contribution in [0.15, 0.2) is 18.2 Å². The average Bonchev–Trinajstić information content (AvgIpc) is 2.49. The normalized spacial score (nSPS) is 23.2. The molecule has 0 saturated heterocycles. The van der Waals surface area contributed by atoms with Gasteiger partial charge in [0, 0.05) is 18.2 Å². The van der Waals surface area contributed by atoms with E-state index in [1.165, 1.54) is 38.2 Å². The van der Waals surface area contributed by atoms with Gasteiger partial charge in [-0.1, -0.05) is 39.3 Å². The number of para-hydroxylation sites is 1. The molecule has 0 unspecified atom stereocenters. The van der Waals surface area contributed by atoms with Crippen molar-refractivity contribution in [1.29, 1.82) is 0 Å². The highest BCUT2D eigenvalue weighted by atomic mass is 16.3. The highest BCUT2D eigenvalue weighted by molar-refractivity contribution is 5.44. The highest BCUT2D eigenvalue weighted by Crippen LogP contribution is 2.40. The zero-order valence-electron chi connectivity index (χ0n) is 13.5. The maximum Gasteiger partial charge on any atom is 0.161 e. The van der Waals surface area contributed by atoms with Crippen molar-refractivity contribution in [3.63, 3.8) is 0 Å². The molecular weight excluding hydrogens is 262 g/mol. The molecular formula is C18H29NO2. The van der Waals surface area contributed by atoms with Crippen LogP contribution in [0.5, 0.6) is 11.5 Å². The third-order valence-electron chi connectivity index (χ3n) is 5.42. The van der Waals surface area contributed by atoms with E-state index >= 15 is 0 Å². The van der Waals surface area contributed by atoms with E-state index in [-0.39, 0.29) is 11.5 Å². The first-order valence-corrected chi connectivity index (χ1v) is 8.17. The van der Waals surface area contributed by atoms with Crippen LogP contribution in [-0.2, 0) is 6.54 Å². The van der Waals surface area contributed by atoms with Crippen molar-refractivity contribution in [3.8, 4) is 11.5 Å². The number of phenols is 2. The molecule has 0 amide bonds. The molecule has 0 bridgehead atoms. The Morgan fingerprint density at radius 1 is 1.14 bits per heavy atom. The second-order valence-corrected chi connectivity index (χ2v) is 7.06. The summed E-state index contributed by atoms with van der Waals surface area (Å²) < 4.78 is 0. The van der Waals surface area contributed by atoms with Gasteiger partial charge in [0.25, 0.3) is 0 Å². The van der Waals surface area contributed by atoms with Crippen molar-refractivity contribution in [1.82, 2.24) is 5.32 Å². The number of hydrogen-bond acceptors (Lipinski definition) is 3.